The van der Waals surface area contributed by atoms with E-state index in [1.54, 1.807) is 6.20 Å². The summed E-state index contributed by atoms with van der Waals surface area (Å²) in [6.07, 6.45) is 5.49. The molecule has 2 aliphatic rings. The number of aromatic nitrogens is 4. The van der Waals surface area contributed by atoms with Gasteiger partial charge in [0.05, 0.1) is 24.9 Å². The van der Waals surface area contributed by atoms with Gasteiger partial charge in [0.25, 0.3) is 0 Å². The van der Waals surface area contributed by atoms with Crippen LogP contribution in [0.4, 0.5) is 5.82 Å². The summed E-state index contributed by atoms with van der Waals surface area (Å²) in [5.41, 5.74) is 3.88. The molecule has 5 rings (SSSR count). The van der Waals surface area contributed by atoms with Crippen molar-refractivity contribution in [2.24, 2.45) is 0 Å². The Kier molecular flexibility index (Phi) is 5.15. The molecule has 0 aromatic carbocycles. The van der Waals surface area contributed by atoms with Crippen LogP contribution in [0, 0.1) is 0 Å². The van der Waals surface area contributed by atoms with Gasteiger partial charge in [-0.15, -0.1) is 0 Å². The first-order valence-corrected chi connectivity index (χ1v) is 11.7. The lowest BCUT2D eigenvalue weighted by Crippen LogP contribution is -2.44. The topological polar surface area (TPSA) is 90.0 Å². The third-order valence-electron chi connectivity index (χ3n) is 5.99. The summed E-state index contributed by atoms with van der Waals surface area (Å²) in [6, 6.07) is 6.51. The molecule has 0 bridgehead atoms. The number of fused-ring (bicyclic) bond motifs is 1. The van der Waals surface area contributed by atoms with Gasteiger partial charge < -0.3 is 14.2 Å². The maximum atomic E-state index is 11.9. The number of anilines is 1. The Morgan fingerprint density at radius 1 is 1.24 bits per heavy atom. The number of morpholine rings is 1. The molecular weight excluding hydrogens is 386 g/mol. The molecule has 29 heavy (non-hydrogen) atoms. The lowest BCUT2D eigenvalue weighted by Gasteiger charge is -2.35. The van der Waals surface area contributed by atoms with Crippen molar-refractivity contribution in [1.29, 1.82) is 0 Å². The highest BCUT2D eigenvalue weighted by Gasteiger charge is 2.28. The van der Waals surface area contributed by atoms with Crippen LogP contribution < -0.4 is 4.90 Å². The summed E-state index contributed by atoms with van der Waals surface area (Å²) in [4.78, 5) is 12.0. The first-order chi connectivity index (χ1) is 14.2. The second-order valence-electron chi connectivity index (χ2n) is 7.84. The van der Waals surface area contributed by atoms with E-state index in [-0.39, 0.29) is 6.04 Å². The molecule has 8 heteroatoms. The van der Waals surface area contributed by atoms with Crippen molar-refractivity contribution in [3.63, 3.8) is 0 Å². The molecular formula is C21H25N5O2S. The van der Waals surface area contributed by atoms with Crippen LogP contribution in [-0.2, 0) is 15.9 Å². The molecule has 1 atom stereocenters. The fraction of sp³-hybridized carbons (Fsp3) is 0.476. The molecule has 3 aromatic rings. The van der Waals surface area contributed by atoms with Crippen molar-refractivity contribution >= 4 is 27.9 Å². The van der Waals surface area contributed by atoms with Crippen LogP contribution in [0.25, 0.3) is 22.3 Å². The van der Waals surface area contributed by atoms with E-state index >= 15 is 0 Å². The third-order valence-corrected chi connectivity index (χ3v) is 7.37. The molecule has 0 amide bonds. The number of aromatic amines is 1. The molecule has 152 valence electrons. The van der Waals surface area contributed by atoms with Crippen LogP contribution in [0.2, 0.25) is 0 Å². The smallest absolute Gasteiger partial charge is 0.130 e. The number of hydrogen-bond donors (Lipinski definition) is 1. The van der Waals surface area contributed by atoms with Gasteiger partial charge in [-0.3, -0.25) is 10.1 Å². The first kappa shape index (κ1) is 18.8. The maximum absolute atomic E-state index is 11.9. The van der Waals surface area contributed by atoms with Crippen molar-refractivity contribution in [3.05, 3.63) is 36.2 Å². The van der Waals surface area contributed by atoms with Gasteiger partial charge in [-0.2, -0.15) is 5.10 Å². The Labute approximate surface area is 173 Å². The zero-order valence-electron chi connectivity index (χ0n) is 16.5. The average molecular weight is 412 g/mol. The minimum Gasteiger partial charge on any atom is -0.616 e. The Hall–Kier alpha value is -2.16. The molecule has 0 radical (unpaired) electrons. The molecule has 1 unspecified atom stereocenters. The summed E-state index contributed by atoms with van der Waals surface area (Å²) in [7, 11) is 0. The van der Waals surface area contributed by atoms with Gasteiger partial charge in [-0.05, 0) is 49.4 Å². The van der Waals surface area contributed by atoms with Crippen molar-refractivity contribution in [3.8, 4) is 11.4 Å². The lowest BCUT2D eigenvalue weighted by molar-refractivity contribution is 0.0985. The van der Waals surface area contributed by atoms with Crippen molar-refractivity contribution in [1.82, 2.24) is 20.2 Å². The number of hydrogen-bond acceptors (Lipinski definition) is 6. The molecule has 5 heterocycles. The second kappa shape index (κ2) is 7.93. The predicted octanol–water partition coefficient (Wildman–Crippen LogP) is 2.87. The van der Waals surface area contributed by atoms with Crippen LogP contribution in [0.5, 0.6) is 0 Å². The minimum atomic E-state index is -0.681. The number of pyridine rings is 2. The largest absolute Gasteiger partial charge is 0.616 e. The predicted molar refractivity (Wildman–Crippen MR) is 115 cm³/mol. The standard InChI is InChI=1S/C21H25N5O2S/c1-14-13-28-9-8-26(14)19-12-17(15-4-10-29(27)11-5-15)16-2-6-22-21(20(16)24-19)18-3-7-23-25-18/h2-3,6-7,12,14-15H,4-5,8-11,13H2,1H3,(H,23,25). The molecule has 3 aromatic heterocycles. The zero-order valence-corrected chi connectivity index (χ0v) is 17.3. The minimum absolute atomic E-state index is 0.271. The summed E-state index contributed by atoms with van der Waals surface area (Å²) in [5, 5.41) is 8.26. The number of H-pyrrole nitrogens is 1. The molecule has 1 N–H and O–H groups in total. The van der Waals surface area contributed by atoms with Crippen molar-refractivity contribution < 1.29 is 9.29 Å². The van der Waals surface area contributed by atoms with Gasteiger partial charge in [0.2, 0.25) is 0 Å². The van der Waals surface area contributed by atoms with Gasteiger partial charge in [-0.1, -0.05) is 11.2 Å². The van der Waals surface area contributed by atoms with Crippen LogP contribution in [0.1, 0.15) is 31.2 Å². The molecule has 2 fully saturated rings. The Morgan fingerprint density at radius 2 is 2.10 bits per heavy atom. The summed E-state index contributed by atoms with van der Waals surface area (Å²) in [6.45, 7) is 4.42. The molecule has 2 aliphatic heterocycles. The Morgan fingerprint density at radius 3 is 2.86 bits per heavy atom. The fourth-order valence-corrected chi connectivity index (χ4v) is 5.70. The van der Waals surface area contributed by atoms with Gasteiger partial charge in [0.1, 0.15) is 28.5 Å². The zero-order chi connectivity index (χ0) is 19.8. The van der Waals surface area contributed by atoms with E-state index in [1.165, 1.54) is 5.56 Å². The number of ether oxygens (including phenoxy) is 1. The molecule has 0 aliphatic carbocycles. The number of nitrogens with zero attached hydrogens (tertiary/aromatic N) is 4. The average Bonchev–Trinajstić information content (AvgIpc) is 3.28. The van der Waals surface area contributed by atoms with Gasteiger partial charge >= 0.3 is 0 Å². The van der Waals surface area contributed by atoms with E-state index in [0.717, 1.165) is 59.0 Å². The molecule has 7 nitrogen and oxygen atoms in total. The Bertz CT molecular complexity index is 988. The van der Waals surface area contributed by atoms with E-state index in [2.05, 4.69) is 39.1 Å². The highest BCUT2D eigenvalue weighted by Crippen LogP contribution is 2.38. The fourth-order valence-electron chi connectivity index (χ4n) is 4.41. The highest BCUT2D eigenvalue weighted by molar-refractivity contribution is 7.91. The highest BCUT2D eigenvalue weighted by atomic mass is 32.2. The Balaban J connectivity index is 1.68. The van der Waals surface area contributed by atoms with Crippen LogP contribution in [-0.4, -0.2) is 62.0 Å². The normalized spacial score (nSPS) is 25.4. The molecule has 0 spiro atoms. The molecule has 0 saturated carbocycles. The number of rotatable bonds is 3. The molecule has 2 saturated heterocycles. The van der Waals surface area contributed by atoms with Gasteiger partial charge in [0, 0.05) is 24.3 Å². The van der Waals surface area contributed by atoms with Gasteiger partial charge in [-0.25, -0.2) is 4.98 Å². The van der Waals surface area contributed by atoms with Crippen LogP contribution in [0.15, 0.2) is 30.6 Å². The van der Waals surface area contributed by atoms with Gasteiger partial charge in [0.15, 0.2) is 0 Å². The van der Waals surface area contributed by atoms with E-state index in [0.29, 0.717) is 19.1 Å². The summed E-state index contributed by atoms with van der Waals surface area (Å²) in [5.74, 6) is 2.92. The second-order valence-corrected chi connectivity index (χ2v) is 9.53. The van der Waals surface area contributed by atoms with Crippen LogP contribution in [0.3, 0.4) is 0 Å². The SMILES string of the molecule is CC1COCCN1c1cc(C2CC[S+]([O-])CC2)c2ccnc(-c3ccn[nH]3)c2n1. The first-order valence-electron chi connectivity index (χ1n) is 10.2. The van der Waals surface area contributed by atoms with E-state index in [9.17, 15) is 4.55 Å². The lowest BCUT2D eigenvalue weighted by atomic mass is 9.90. The third kappa shape index (κ3) is 3.60. The van der Waals surface area contributed by atoms with Crippen LogP contribution >= 0.6 is 0 Å². The van der Waals surface area contributed by atoms with E-state index in [1.807, 2.05) is 12.3 Å². The summed E-state index contributed by atoms with van der Waals surface area (Å²) < 4.78 is 17.6. The maximum Gasteiger partial charge on any atom is 0.130 e. The van der Waals surface area contributed by atoms with E-state index < -0.39 is 11.2 Å². The van der Waals surface area contributed by atoms with Crippen molar-refractivity contribution in [2.75, 3.05) is 36.2 Å². The quantitative estimate of drug-likeness (QED) is 0.667. The number of nitrogens with one attached hydrogen (secondary N) is 1. The monoisotopic (exact) mass is 411 g/mol. The summed E-state index contributed by atoms with van der Waals surface area (Å²) >= 11 is -0.681. The van der Waals surface area contributed by atoms with Crippen molar-refractivity contribution in [2.45, 2.75) is 31.7 Å². The van der Waals surface area contributed by atoms with E-state index in [4.69, 9.17) is 9.72 Å².